The number of rotatable bonds is 3. The molecule has 0 saturated carbocycles. The zero-order chi connectivity index (χ0) is 15.6. The number of hydrogen-bond donors (Lipinski definition) is 2. The maximum absolute atomic E-state index is 12.0. The minimum Gasteiger partial charge on any atom is -0.454 e. The van der Waals surface area contributed by atoms with Gasteiger partial charge in [-0.1, -0.05) is 5.10 Å². The Kier molecular flexibility index (Phi) is 3.31. The van der Waals surface area contributed by atoms with Crippen molar-refractivity contribution in [3.63, 3.8) is 0 Å². The minimum absolute atomic E-state index is 0.0180. The van der Waals surface area contributed by atoms with Crippen LogP contribution in [0.5, 0.6) is 11.5 Å². The second-order valence-electron chi connectivity index (χ2n) is 4.57. The first-order chi connectivity index (χ1) is 11.3. The highest BCUT2D eigenvalue weighted by Gasteiger charge is 2.15. The van der Waals surface area contributed by atoms with Crippen molar-refractivity contribution in [2.24, 2.45) is 0 Å². The number of anilines is 2. The van der Waals surface area contributed by atoms with Crippen LogP contribution in [0.1, 0.15) is 0 Å². The van der Waals surface area contributed by atoms with E-state index in [2.05, 4.69) is 20.8 Å². The van der Waals surface area contributed by atoms with Crippen LogP contribution in [-0.4, -0.2) is 23.0 Å². The van der Waals surface area contributed by atoms with Gasteiger partial charge in [-0.15, -0.1) is 5.10 Å². The number of urea groups is 1. The Labute approximate surface area is 134 Å². The fourth-order valence-electron chi connectivity index (χ4n) is 2.01. The molecule has 1 aliphatic rings. The summed E-state index contributed by atoms with van der Waals surface area (Å²) in [5.74, 6) is 1.58. The average molecular weight is 330 g/mol. The molecule has 2 aromatic heterocycles. The summed E-state index contributed by atoms with van der Waals surface area (Å²) in [4.78, 5) is 12.0. The summed E-state index contributed by atoms with van der Waals surface area (Å²) in [6.07, 6.45) is 0. The number of amides is 2. The molecule has 0 unspecified atom stereocenters. The van der Waals surface area contributed by atoms with Crippen LogP contribution in [0.25, 0.3) is 11.5 Å². The average Bonchev–Trinajstić information content (AvgIpc) is 3.27. The van der Waals surface area contributed by atoms with Crippen molar-refractivity contribution in [2.45, 2.75) is 0 Å². The normalized spacial score (nSPS) is 12.2. The predicted octanol–water partition coefficient (Wildman–Crippen LogP) is 3.17. The van der Waals surface area contributed by atoms with Crippen LogP contribution < -0.4 is 20.1 Å². The van der Waals surface area contributed by atoms with E-state index >= 15 is 0 Å². The predicted molar refractivity (Wildman–Crippen MR) is 82.8 cm³/mol. The molecule has 9 heteroatoms. The lowest BCUT2D eigenvalue weighted by Crippen LogP contribution is -2.19. The van der Waals surface area contributed by atoms with Gasteiger partial charge in [0.25, 0.3) is 5.89 Å². The molecule has 116 valence electrons. The van der Waals surface area contributed by atoms with Gasteiger partial charge in [0.05, 0.1) is 0 Å². The fourth-order valence-corrected chi connectivity index (χ4v) is 2.64. The molecule has 0 fully saturated rings. The van der Waals surface area contributed by atoms with Crippen molar-refractivity contribution >= 4 is 29.1 Å². The molecule has 2 N–H and O–H groups in total. The van der Waals surface area contributed by atoms with Gasteiger partial charge in [-0.05, 0) is 23.6 Å². The SMILES string of the molecule is O=C(Nc1ccc2c(c1)OCO2)Nc1nnc(-c2ccsc2)o1. The quantitative estimate of drug-likeness (QED) is 0.765. The number of carbonyl (C=O) groups is 1. The number of thiophene rings is 1. The van der Waals surface area contributed by atoms with Gasteiger partial charge < -0.3 is 19.2 Å². The Morgan fingerprint density at radius 2 is 2.04 bits per heavy atom. The Balaban J connectivity index is 1.42. The van der Waals surface area contributed by atoms with E-state index in [1.165, 1.54) is 11.3 Å². The third-order valence-corrected chi connectivity index (χ3v) is 3.73. The number of hydrogen-bond acceptors (Lipinski definition) is 7. The summed E-state index contributed by atoms with van der Waals surface area (Å²) in [7, 11) is 0. The molecule has 0 bridgehead atoms. The topological polar surface area (TPSA) is 98.5 Å². The van der Waals surface area contributed by atoms with Crippen molar-refractivity contribution in [2.75, 3.05) is 17.4 Å². The molecule has 3 heterocycles. The Morgan fingerprint density at radius 3 is 2.91 bits per heavy atom. The van der Waals surface area contributed by atoms with E-state index < -0.39 is 6.03 Å². The molecule has 1 aromatic carbocycles. The van der Waals surface area contributed by atoms with Gasteiger partial charge in [-0.3, -0.25) is 5.32 Å². The monoisotopic (exact) mass is 330 g/mol. The summed E-state index contributed by atoms with van der Waals surface area (Å²) in [5.41, 5.74) is 1.37. The summed E-state index contributed by atoms with van der Waals surface area (Å²) in [6, 6.07) is 6.48. The Hall–Kier alpha value is -3.07. The van der Waals surface area contributed by atoms with E-state index in [0.717, 1.165) is 5.56 Å². The minimum atomic E-state index is -0.496. The zero-order valence-corrected chi connectivity index (χ0v) is 12.4. The molecule has 0 saturated heterocycles. The van der Waals surface area contributed by atoms with Crippen LogP contribution in [-0.2, 0) is 0 Å². The summed E-state index contributed by atoms with van der Waals surface area (Å²) in [6.45, 7) is 0.179. The third-order valence-electron chi connectivity index (χ3n) is 3.04. The number of benzene rings is 1. The van der Waals surface area contributed by atoms with Crippen molar-refractivity contribution < 1.29 is 18.7 Å². The fraction of sp³-hybridized carbons (Fsp3) is 0.0714. The molecule has 4 rings (SSSR count). The summed E-state index contributed by atoms with van der Waals surface area (Å²) in [5, 5.41) is 16.6. The smallest absolute Gasteiger partial charge is 0.327 e. The van der Waals surface area contributed by atoms with Gasteiger partial charge in [-0.2, -0.15) is 11.3 Å². The standard InChI is InChI=1S/C14H10N4O4S/c19-13(15-9-1-2-10-11(5-9)21-7-20-10)16-14-18-17-12(22-14)8-3-4-23-6-8/h1-6H,7H2,(H2,15,16,18,19). The van der Waals surface area contributed by atoms with E-state index in [9.17, 15) is 4.79 Å². The van der Waals surface area contributed by atoms with Gasteiger partial charge in [0.2, 0.25) is 6.79 Å². The molecule has 0 spiro atoms. The number of carbonyl (C=O) groups excluding carboxylic acids is 1. The van der Waals surface area contributed by atoms with Crippen LogP contribution >= 0.6 is 11.3 Å². The van der Waals surface area contributed by atoms with E-state index in [0.29, 0.717) is 23.1 Å². The van der Waals surface area contributed by atoms with Crippen molar-refractivity contribution in [3.05, 3.63) is 35.0 Å². The first-order valence-corrected chi connectivity index (χ1v) is 7.56. The Morgan fingerprint density at radius 1 is 1.13 bits per heavy atom. The van der Waals surface area contributed by atoms with Crippen LogP contribution in [0.15, 0.2) is 39.4 Å². The number of fused-ring (bicyclic) bond motifs is 1. The first-order valence-electron chi connectivity index (χ1n) is 6.62. The highest BCUT2D eigenvalue weighted by molar-refractivity contribution is 7.08. The Bertz CT molecular complexity index is 846. The van der Waals surface area contributed by atoms with Crippen LogP contribution in [0, 0.1) is 0 Å². The van der Waals surface area contributed by atoms with Gasteiger partial charge >= 0.3 is 12.0 Å². The molecule has 0 aliphatic carbocycles. The highest BCUT2D eigenvalue weighted by Crippen LogP contribution is 2.34. The van der Waals surface area contributed by atoms with Gasteiger partial charge in [-0.25, -0.2) is 4.79 Å². The molecular weight excluding hydrogens is 320 g/mol. The maximum Gasteiger partial charge on any atom is 0.327 e. The molecule has 3 aromatic rings. The van der Waals surface area contributed by atoms with E-state index in [1.807, 2.05) is 16.8 Å². The second kappa shape index (κ2) is 5.61. The number of nitrogens with one attached hydrogen (secondary N) is 2. The van der Waals surface area contributed by atoms with Crippen LogP contribution in [0.4, 0.5) is 16.5 Å². The molecule has 0 radical (unpaired) electrons. The van der Waals surface area contributed by atoms with E-state index in [-0.39, 0.29) is 12.8 Å². The van der Waals surface area contributed by atoms with Gasteiger partial charge in [0.15, 0.2) is 11.5 Å². The van der Waals surface area contributed by atoms with Crippen molar-refractivity contribution in [1.82, 2.24) is 10.2 Å². The van der Waals surface area contributed by atoms with Crippen molar-refractivity contribution in [3.8, 4) is 23.0 Å². The molecule has 2 amide bonds. The highest BCUT2D eigenvalue weighted by atomic mass is 32.1. The largest absolute Gasteiger partial charge is 0.454 e. The first kappa shape index (κ1) is 13.6. The lowest BCUT2D eigenvalue weighted by molar-refractivity contribution is 0.174. The van der Waals surface area contributed by atoms with Gasteiger partial charge in [0, 0.05) is 22.7 Å². The molecule has 0 atom stereocenters. The van der Waals surface area contributed by atoms with Gasteiger partial charge in [0.1, 0.15) is 0 Å². The van der Waals surface area contributed by atoms with E-state index in [4.69, 9.17) is 13.9 Å². The number of nitrogens with zero attached hydrogens (tertiary/aromatic N) is 2. The lowest BCUT2D eigenvalue weighted by atomic mass is 10.3. The van der Waals surface area contributed by atoms with Crippen LogP contribution in [0.2, 0.25) is 0 Å². The zero-order valence-electron chi connectivity index (χ0n) is 11.6. The van der Waals surface area contributed by atoms with Crippen LogP contribution in [0.3, 0.4) is 0 Å². The molecular formula is C14H10N4O4S. The number of ether oxygens (including phenoxy) is 2. The molecule has 8 nitrogen and oxygen atoms in total. The van der Waals surface area contributed by atoms with E-state index in [1.54, 1.807) is 18.2 Å². The maximum atomic E-state index is 12.0. The number of aromatic nitrogens is 2. The third kappa shape index (κ3) is 2.81. The molecule has 1 aliphatic heterocycles. The second-order valence-corrected chi connectivity index (χ2v) is 5.35. The molecule has 23 heavy (non-hydrogen) atoms. The lowest BCUT2D eigenvalue weighted by Gasteiger charge is -2.05. The van der Waals surface area contributed by atoms with Crippen molar-refractivity contribution in [1.29, 1.82) is 0 Å². The summed E-state index contributed by atoms with van der Waals surface area (Å²) >= 11 is 1.52. The summed E-state index contributed by atoms with van der Waals surface area (Å²) < 4.78 is 15.8.